The van der Waals surface area contributed by atoms with Crippen LogP contribution in [0.5, 0.6) is 0 Å². The Bertz CT molecular complexity index is 647. The number of nitrogens with zero attached hydrogens (tertiary/aromatic N) is 4. The van der Waals surface area contributed by atoms with Crippen molar-refractivity contribution in [2.45, 2.75) is 31.7 Å². The highest BCUT2D eigenvalue weighted by Crippen LogP contribution is 2.27. The lowest BCUT2D eigenvalue weighted by Crippen LogP contribution is -2.37. The van der Waals surface area contributed by atoms with E-state index in [1.165, 1.54) is 0 Å². The third-order valence-electron chi connectivity index (χ3n) is 3.90. The lowest BCUT2D eigenvalue weighted by Gasteiger charge is -2.24. The second kappa shape index (κ2) is 5.24. The zero-order valence-corrected chi connectivity index (χ0v) is 13.4. The molecular formula is C12H18ClN5O2S. The van der Waals surface area contributed by atoms with Crippen molar-refractivity contribution >= 4 is 33.3 Å². The van der Waals surface area contributed by atoms with Crippen LogP contribution in [0.3, 0.4) is 0 Å². The molecule has 0 aliphatic carbocycles. The van der Waals surface area contributed by atoms with Crippen molar-refractivity contribution in [2.24, 2.45) is 0 Å². The van der Waals surface area contributed by atoms with Crippen LogP contribution in [0, 0.1) is 0 Å². The molecule has 1 atom stereocenters. The van der Waals surface area contributed by atoms with Crippen molar-refractivity contribution < 1.29 is 8.42 Å². The highest BCUT2D eigenvalue weighted by molar-refractivity contribution is 7.91. The number of anilines is 2. The summed E-state index contributed by atoms with van der Waals surface area (Å²) in [5.74, 6) is 1.17. The Hall–Kier alpha value is -1.15. The minimum absolute atomic E-state index is 0.0857. The van der Waals surface area contributed by atoms with E-state index in [0.29, 0.717) is 18.3 Å². The lowest BCUT2D eigenvalue weighted by atomic mass is 10.0. The predicted octanol–water partition coefficient (Wildman–Crippen LogP) is 1.11. The molecule has 0 saturated carbocycles. The molecule has 2 aliphatic rings. The Labute approximate surface area is 129 Å². The van der Waals surface area contributed by atoms with E-state index in [-0.39, 0.29) is 16.8 Å². The van der Waals surface area contributed by atoms with Gasteiger partial charge in [-0.3, -0.25) is 0 Å². The molecule has 9 heteroatoms. The molecule has 0 bridgehead atoms. The van der Waals surface area contributed by atoms with Crippen LogP contribution in [-0.4, -0.2) is 53.5 Å². The predicted molar refractivity (Wildman–Crippen MR) is 81.6 cm³/mol. The summed E-state index contributed by atoms with van der Waals surface area (Å²) in [5.41, 5.74) is -0.550. The smallest absolute Gasteiger partial charge is 0.231 e. The van der Waals surface area contributed by atoms with Gasteiger partial charge >= 0.3 is 0 Å². The van der Waals surface area contributed by atoms with Gasteiger partial charge in [-0.25, -0.2) is 8.42 Å². The van der Waals surface area contributed by atoms with Crippen molar-refractivity contribution in [1.82, 2.24) is 15.0 Å². The molecule has 0 amide bonds. The van der Waals surface area contributed by atoms with Gasteiger partial charge in [-0.15, -0.1) is 0 Å². The summed E-state index contributed by atoms with van der Waals surface area (Å²) in [5, 5.41) is 3.25. The van der Waals surface area contributed by atoms with Gasteiger partial charge in [-0.1, -0.05) is 0 Å². The third kappa shape index (κ3) is 3.37. The Morgan fingerprint density at radius 1 is 1.24 bits per heavy atom. The number of hydrogen-bond donors (Lipinski definition) is 1. The molecule has 0 radical (unpaired) electrons. The molecule has 0 aromatic carbocycles. The van der Waals surface area contributed by atoms with Crippen LogP contribution < -0.4 is 10.2 Å². The van der Waals surface area contributed by atoms with Crippen molar-refractivity contribution in [3.8, 4) is 0 Å². The van der Waals surface area contributed by atoms with Gasteiger partial charge in [-0.05, 0) is 37.8 Å². The zero-order chi connectivity index (χ0) is 15.1. The first-order valence-electron chi connectivity index (χ1n) is 7.00. The van der Waals surface area contributed by atoms with E-state index in [4.69, 9.17) is 11.6 Å². The van der Waals surface area contributed by atoms with Crippen molar-refractivity contribution in [1.29, 1.82) is 0 Å². The first kappa shape index (κ1) is 14.8. The number of sulfone groups is 1. The molecule has 116 valence electrons. The van der Waals surface area contributed by atoms with Crippen LogP contribution in [-0.2, 0) is 9.84 Å². The summed E-state index contributed by atoms with van der Waals surface area (Å²) in [7, 11) is -2.99. The van der Waals surface area contributed by atoms with E-state index in [1.54, 1.807) is 0 Å². The van der Waals surface area contributed by atoms with Gasteiger partial charge in [-0.2, -0.15) is 15.0 Å². The normalized spacial score (nSPS) is 28.0. The van der Waals surface area contributed by atoms with E-state index in [2.05, 4.69) is 25.2 Å². The summed E-state index contributed by atoms with van der Waals surface area (Å²) in [6, 6.07) is 0. The topological polar surface area (TPSA) is 88.1 Å². The van der Waals surface area contributed by atoms with Crippen LogP contribution in [0.15, 0.2) is 0 Å². The number of rotatable bonds is 3. The molecular weight excluding hydrogens is 314 g/mol. The molecule has 2 saturated heterocycles. The Morgan fingerprint density at radius 3 is 2.57 bits per heavy atom. The van der Waals surface area contributed by atoms with Gasteiger partial charge in [0.25, 0.3) is 0 Å². The minimum Gasteiger partial charge on any atom is -0.348 e. The van der Waals surface area contributed by atoms with E-state index < -0.39 is 15.4 Å². The third-order valence-corrected chi connectivity index (χ3v) is 5.97. The molecule has 7 nitrogen and oxygen atoms in total. The zero-order valence-electron chi connectivity index (χ0n) is 11.8. The number of hydrogen-bond acceptors (Lipinski definition) is 7. The fraction of sp³-hybridized carbons (Fsp3) is 0.750. The fourth-order valence-corrected chi connectivity index (χ4v) is 5.08. The minimum atomic E-state index is -2.99. The molecule has 0 spiro atoms. The molecule has 1 aromatic rings. The summed E-state index contributed by atoms with van der Waals surface area (Å²) < 4.78 is 23.3. The summed E-state index contributed by atoms with van der Waals surface area (Å²) >= 11 is 5.97. The monoisotopic (exact) mass is 331 g/mol. The molecule has 1 aromatic heterocycles. The maximum Gasteiger partial charge on any atom is 0.231 e. The van der Waals surface area contributed by atoms with Crippen LogP contribution in [0.25, 0.3) is 0 Å². The maximum atomic E-state index is 11.7. The van der Waals surface area contributed by atoms with Crippen molar-refractivity contribution in [3.63, 3.8) is 0 Å². The second-order valence-electron chi connectivity index (χ2n) is 5.95. The highest BCUT2D eigenvalue weighted by atomic mass is 35.5. The average Bonchev–Trinajstić information content (AvgIpc) is 2.96. The summed E-state index contributed by atoms with van der Waals surface area (Å²) in [6.07, 6.45) is 2.77. The van der Waals surface area contributed by atoms with Gasteiger partial charge in [0.15, 0.2) is 9.84 Å². The summed E-state index contributed by atoms with van der Waals surface area (Å²) in [6.45, 7) is 3.68. The van der Waals surface area contributed by atoms with Gasteiger partial charge in [0.2, 0.25) is 17.2 Å². The first-order chi connectivity index (χ1) is 9.85. The van der Waals surface area contributed by atoms with E-state index in [0.717, 1.165) is 25.9 Å². The van der Waals surface area contributed by atoms with Crippen LogP contribution in [0.1, 0.15) is 26.2 Å². The molecule has 3 heterocycles. The highest BCUT2D eigenvalue weighted by Gasteiger charge is 2.39. The summed E-state index contributed by atoms with van der Waals surface area (Å²) in [4.78, 5) is 14.7. The van der Waals surface area contributed by atoms with Gasteiger partial charge in [0.05, 0.1) is 17.0 Å². The van der Waals surface area contributed by atoms with Crippen LogP contribution >= 0.6 is 11.6 Å². The average molecular weight is 332 g/mol. The largest absolute Gasteiger partial charge is 0.348 e. The molecule has 21 heavy (non-hydrogen) atoms. The standard InChI is InChI=1S/C12H18ClN5O2S/c1-12(4-7-21(19,20)8-12)17-10-14-9(13)15-11(16-10)18-5-2-3-6-18/h2-8H2,1H3,(H,14,15,16,17). The molecule has 1 N–H and O–H groups in total. The maximum absolute atomic E-state index is 11.7. The van der Waals surface area contributed by atoms with Crippen LogP contribution in [0.4, 0.5) is 11.9 Å². The van der Waals surface area contributed by atoms with Crippen LogP contribution in [0.2, 0.25) is 5.28 Å². The number of nitrogens with one attached hydrogen (secondary N) is 1. The molecule has 2 fully saturated rings. The Morgan fingerprint density at radius 2 is 1.95 bits per heavy atom. The molecule has 3 rings (SSSR count). The first-order valence-corrected chi connectivity index (χ1v) is 9.20. The molecule has 1 unspecified atom stereocenters. The van der Waals surface area contributed by atoms with Gasteiger partial charge in [0, 0.05) is 13.1 Å². The SMILES string of the molecule is CC1(Nc2nc(Cl)nc(N3CCCC3)n2)CCS(=O)(=O)C1. The van der Waals surface area contributed by atoms with Gasteiger partial charge in [0.1, 0.15) is 0 Å². The lowest BCUT2D eigenvalue weighted by molar-refractivity contribution is 0.568. The Balaban J connectivity index is 1.82. The van der Waals surface area contributed by atoms with Crippen molar-refractivity contribution in [3.05, 3.63) is 5.28 Å². The quantitative estimate of drug-likeness (QED) is 0.887. The van der Waals surface area contributed by atoms with E-state index in [9.17, 15) is 8.42 Å². The van der Waals surface area contributed by atoms with E-state index >= 15 is 0 Å². The Kier molecular flexibility index (Phi) is 3.69. The van der Waals surface area contributed by atoms with E-state index in [1.807, 2.05) is 6.92 Å². The molecule has 2 aliphatic heterocycles. The second-order valence-corrected chi connectivity index (χ2v) is 8.47. The fourth-order valence-electron chi connectivity index (χ4n) is 2.83. The number of halogens is 1. The van der Waals surface area contributed by atoms with Gasteiger partial charge < -0.3 is 10.2 Å². The van der Waals surface area contributed by atoms with Crippen molar-refractivity contribution in [2.75, 3.05) is 34.8 Å². The number of aromatic nitrogens is 3.